The molecule has 1 aromatic carbocycles. The van der Waals surface area contributed by atoms with Gasteiger partial charge in [-0.25, -0.2) is 4.98 Å². The molecule has 0 bridgehead atoms. The molecule has 1 aromatic heterocycles. The van der Waals surface area contributed by atoms with Crippen LogP contribution in [0.15, 0.2) is 36.8 Å². The van der Waals surface area contributed by atoms with Gasteiger partial charge >= 0.3 is 0 Å². The summed E-state index contributed by atoms with van der Waals surface area (Å²) in [5.74, 6) is -0.572. The van der Waals surface area contributed by atoms with Gasteiger partial charge in [0, 0.05) is 35.4 Å². The smallest absolute Gasteiger partial charge is 0.271 e. The fraction of sp³-hybridized carbons (Fsp3) is 0.250. The predicted molar refractivity (Wildman–Crippen MR) is 92.0 cm³/mol. The lowest BCUT2D eigenvalue weighted by Crippen LogP contribution is -2.32. The average molecular weight is 367 g/mol. The first-order valence-corrected chi connectivity index (χ1v) is 8.01. The molecule has 24 heavy (non-hydrogen) atoms. The van der Waals surface area contributed by atoms with Gasteiger partial charge in [0.2, 0.25) is 5.91 Å². The number of benzene rings is 1. The van der Waals surface area contributed by atoms with Crippen LogP contribution in [0.25, 0.3) is 0 Å². The van der Waals surface area contributed by atoms with E-state index in [1.54, 1.807) is 18.2 Å². The second-order valence-electron chi connectivity index (χ2n) is 5.05. The molecule has 1 heterocycles. The van der Waals surface area contributed by atoms with Crippen LogP contribution in [0.5, 0.6) is 0 Å². The third-order valence-corrected chi connectivity index (χ3v) is 3.80. The summed E-state index contributed by atoms with van der Waals surface area (Å²) in [4.78, 5) is 31.4. The number of rotatable bonds is 6. The van der Waals surface area contributed by atoms with Gasteiger partial charge in [-0.3, -0.25) is 14.6 Å². The van der Waals surface area contributed by atoms with Crippen LogP contribution in [0, 0.1) is 0 Å². The Balaban J connectivity index is 1.80. The molecule has 0 aliphatic rings. The van der Waals surface area contributed by atoms with Gasteiger partial charge in [0.05, 0.1) is 12.2 Å². The normalized spacial score (nSPS) is 11.6. The Bertz CT molecular complexity index is 725. The van der Waals surface area contributed by atoms with Crippen LogP contribution in [-0.2, 0) is 4.79 Å². The van der Waals surface area contributed by atoms with Crippen molar-refractivity contribution in [1.82, 2.24) is 20.6 Å². The van der Waals surface area contributed by atoms with Crippen molar-refractivity contribution in [2.45, 2.75) is 19.4 Å². The van der Waals surface area contributed by atoms with Crippen molar-refractivity contribution in [2.75, 3.05) is 6.54 Å². The Labute approximate surface area is 149 Å². The maximum absolute atomic E-state index is 12.0. The summed E-state index contributed by atoms with van der Waals surface area (Å²) in [6, 6.07) is 4.85. The predicted octanol–water partition coefficient (Wildman–Crippen LogP) is 2.78. The molecule has 8 heteroatoms. The molecule has 2 amide bonds. The van der Waals surface area contributed by atoms with Crippen LogP contribution in [-0.4, -0.2) is 28.3 Å². The van der Waals surface area contributed by atoms with E-state index < -0.39 is 0 Å². The minimum absolute atomic E-state index is 0.140. The number of halogens is 2. The molecule has 1 atom stereocenters. The molecule has 0 aliphatic heterocycles. The van der Waals surface area contributed by atoms with Crippen molar-refractivity contribution in [2.24, 2.45) is 0 Å². The summed E-state index contributed by atoms with van der Waals surface area (Å²) in [6.07, 6.45) is 4.41. The Hall–Kier alpha value is -2.18. The summed E-state index contributed by atoms with van der Waals surface area (Å²) >= 11 is 12.0. The second-order valence-corrected chi connectivity index (χ2v) is 5.90. The third-order valence-electron chi connectivity index (χ3n) is 3.24. The molecule has 2 rings (SSSR count). The first-order chi connectivity index (χ1) is 11.5. The zero-order chi connectivity index (χ0) is 17.5. The van der Waals surface area contributed by atoms with Gasteiger partial charge in [-0.15, -0.1) is 0 Å². The topological polar surface area (TPSA) is 84.0 Å². The lowest BCUT2D eigenvalue weighted by atomic mass is 10.1. The van der Waals surface area contributed by atoms with E-state index >= 15 is 0 Å². The minimum atomic E-state index is -0.371. The Morgan fingerprint density at radius 1 is 1.25 bits per heavy atom. The molecule has 0 fully saturated rings. The molecule has 126 valence electrons. The van der Waals surface area contributed by atoms with Gasteiger partial charge in [-0.05, 0) is 24.6 Å². The molecule has 0 radical (unpaired) electrons. The van der Waals surface area contributed by atoms with E-state index in [9.17, 15) is 9.59 Å². The number of nitrogens with zero attached hydrogens (tertiary/aromatic N) is 2. The quantitative estimate of drug-likeness (QED) is 0.822. The van der Waals surface area contributed by atoms with E-state index in [1.165, 1.54) is 18.6 Å². The fourth-order valence-electron chi connectivity index (χ4n) is 2.04. The monoisotopic (exact) mass is 366 g/mol. The van der Waals surface area contributed by atoms with Gasteiger partial charge in [0.1, 0.15) is 5.69 Å². The molecule has 2 N–H and O–H groups in total. The van der Waals surface area contributed by atoms with Crippen molar-refractivity contribution >= 4 is 35.0 Å². The molecule has 1 unspecified atom stereocenters. The van der Waals surface area contributed by atoms with E-state index in [4.69, 9.17) is 23.2 Å². The lowest BCUT2D eigenvalue weighted by Gasteiger charge is -2.16. The zero-order valence-electron chi connectivity index (χ0n) is 12.9. The van der Waals surface area contributed by atoms with Crippen LogP contribution in [0.4, 0.5) is 0 Å². The molecular formula is C16H16Cl2N4O2. The molecule has 0 saturated heterocycles. The van der Waals surface area contributed by atoms with Gasteiger partial charge in [-0.2, -0.15) is 0 Å². The van der Waals surface area contributed by atoms with Crippen LogP contribution in [0.2, 0.25) is 10.0 Å². The van der Waals surface area contributed by atoms with E-state index in [0.29, 0.717) is 10.0 Å². The number of carbonyl (C=O) groups excluding carboxylic acids is 2. The molecule has 0 saturated carbocycles. The zero-order valence-corrected chi connectivity index (χ0v) is 14.4. The van der Waals surface area contributed by atoms with Gasteiger partial charge in [0.15, 0.2) is 0 Å². The summed E-state index contributed by atoms with van der Waals surface area (Å²) in [7, 11) is 0. The second kappa shape index (κ2) is 8.61. The number of aromatic nitrogens is 2. The molecule has 2 aromatic rings. The van der Waals surface area contributed by atoms with Crippen molar-refractivity contribution in [3.63, 3.8) is 0 Å². The highest BCUT2D eigenvalue weighted by molar-refractivity contribution is 6.35. The fourth-order valence-corrected chi connectivity index (χ4v) is 2.61. The van der Waals surface area contributed by atoms with Crippen LogP contribution in [0.1, 0.15) is 35.4 Å². The van der Waals surface area contributed by atoms with Crippen LogP contribution < -0.4 is 10.6 Å². The summed E-state index contributed by atoms with van der Waals surface area (Å²) in [6.45, 7) is 2.02. The lowest BCUT2D eigenvalue weighted by molar-refractivity contribution is -0.121. The maximum atomic E-state index is 12.0. The number of hydrogen-bond acceptors (Lipinski definition) is 4. The number of amides is 2. The first kappa shape index (κ1) is 18.2. The van der Waals surface area contributed by atoms with Crippen molar-refractivity contribution in [1.29, 1.82) is 0 Å². The van der Waals surface area contributed by atoms with E-state index in [0.717, 1.165) is 5.56 Å². The molecule has 0 spiro atoms. The SMILES string of the molecule is CC(NC(=O)CCNC(=O)c1cnccn1)c1ccc(Cl)cc1Cl. The molecule has 6 nitrogen and oxygen atoms in total. The van der Waals surface area contributed by atoms with Crippen molar-refractivity contribution < 1.29 is 9.59 Å². The Kier molecular flexibility index (Phi) is 6.52. The van der Waals surface area contributed by atoms with Crippen LogP contribution in [0.3, 0.4) is 0 Å². The van der Waals surface area contributed by atoms with E-state index in [1.807, 2.05) is 6.92 Å². The van der Waals surface area contributed by atoms with E-state index in [-0.39, 0.29) is 36.5 Å². The highest BCUT2D eigenvalue weighted by Crippen LogP contribution is 2.26. The van der Waals surface area contributed by atoms with E-state index in [2.05, 4.69) is 20.6 Å². The molecule has 0 aliphatic carbocycles. The van der Waals surface area contributed by atoms with Crippen molar-refractivity contribution in [3.8, 4) is 0 Å². The Morgan fingerprint density at radius 2 is 2.04 bits per heavy atom. The largest absolute Gasteiger partial charge is 0.350 e. The standard InChI is InChI=1S/C16H16Cl2N4O2/c1-10(12-3-2-11(17)8-13(12)18)22-15(23)4-5-21-16(24)14-9-19-6-7-20-14/h2-3,6-10H,4-5H2,1H3,(H,21,24)(H,22,23). The van der Waals surface area contributed by atoms with Crippen molar-refractivity contribution in [3.05, 3.63) is 58.1 Å². The third kappa shape index (κ3) is 5.18. The Morgan fingerprint density at radius 3 is 2.71 bits per heavy atom. The van der Waals surface area contributed by atoms with Gasteiger partial charge < -0.3 is 10.6 Å². The average Bonchev–Trinajstić information content (AvgIpc) is 2.55. The maximum Gasteiger partial charge on any atom is 0.271 e. The molecular weight excluding hydrogens is 351 g/mol. The van der Waals surface area contributed by atoms with Gasteiger partial charge in [-0.1, -0.05) is 29.3 Å². The van der Waals surface area contributed by atoms with Gasteiger partial charge in [0.25, 0.3) is 5.91 Å². The minimum Gasteiger partial charge on any atom is -0.350 e. The number of carbonyl (C=O) groups is 2. The summed E-state index contributed by atoms with van der Waals surface area (Å²) in [5.41, 5.74) is 0.984. The highest BCUT2D eigenvalue weighted by atomic mass is 35.5. The number of hydrogen-bond donors (Lipinski definition) is 2. The first-order valence-electron chi connectivity index (χ1n) is 7.26. The number of nitrogens with one attached hydrogen (secondary N) is 2. The summed E-state index contributed by atoms with van der Waals surface area (Å²) < 4.78 is 0. The highest BCUT2D eigenvalue weighted by Gasteiger charge is 2.13. The van der Waals surface area contributed by atoms with Crippen LogP contribution >= 0.6 is 23.2 Å². The summed E-state index contributed by atoms with van der Waals surface area (Å²) in [5, 5.41) is 6.47.